The van der Waals surface area contributed by atoms with Gasteiger partial charge in [0.15, 0.2) is 0 Å². The molecule has 0 aliphatic rings. The molecule has 3 nitrogen and oxygen atoms in total. The molecule has 0 amide bonds. The molecule has 1 aromatic heterocycles. The van der Waals surface area contributed by atoms with Crippen molar-refractivity contribution in [3.63, 3.8) is 0 Å². The monoisotopic (exact) mass is 280 g/mol. The first-order chi connectivity index (χ1) is 10.4. The number of methoxy groups -OCH3 is 1. The van der Waals surface area contributed by atoms with Gasteiger partial charge >= 0.3 is 0 Å². The van der Waals surface area contributed by atoms with Crippen LogP contribution in [0.1, 0.15) is 11.1 Å². The molecule has 0 aliphatic heterocycles. The standard InChI is InChI=1S/C18H20N2O/c1-21-16-7-5-14(6-8-16)9-11-19-13-15-3-2-4-18-17(15)10-12-20-18/h2-8,10,12,19-20H,9,11,13H2,1H3. The van der Waals surface area contributed by atoms with E-state index in [0.29, 0.717) is 0 Å². The van der Waals surface area contributed by atoms with Crippen molar-refractivity contribution in [3.8, 4) is 5.75 Å². The maximum absolute atomic E-state index is 5.17. The Bertz CT molecular complexity index is 701. The summed E-state index contributed by atoms with van der Waals surface area (Å²) in [4.78, 5) is 3.25. The van der Waals surface area contributed by atoms with Gasteiger partial charge in [-0.15, -0.1) is 0 Å². The number of hydrogen-bond donors (Lipinski definition) is 2. The first kappa shape index (κ1) is 13.7. The van der Waals surface area contributed by atoms with E-state index < -0.39 is 0 Å². The molecule has 3 rings (SSSR count). The fraction of sp³-hybridized carbons (Fsp3) is 0.222. The normalized spacial score (nSPS) is 10.9. The van der Waals surface area contributed by atoms with Crippen LogP contribution in [-0.4, -0.2) is 18.6 Å². The van der Waals surface area contributed by atoms with E-state index in [2.05, 4.69) is 46.7 Å². The number of H-pyrrole nitrogens is 1. The van der Waals surface area contributed by atoms with Crippen LogP contribution in [0, 0.1) is 0 Å². The summed E-state index contributed by atoms with van der Waals surface area (Å²) in [7, 11) is 1.69. The van der Waals surface area contributed by atoms with Crippen LogP contribution in [0.2, 0.25) is 0 Å². The number of rotatable bonds is 6. The summed E-state index contributed by atoms with van der Waals surface area (Å²) in [6.07, 6.45) is 3.01. The van der Waals surface area contributed by atoms with Gasteiger partial charge in [-0.2, -0.15) is 0 Å². The zero-order valence-corrected chi connectivity index (χ0v) is 12.2. The van der Waals surface area contributed by atoms with Crippen molar-refractivity contribution < 1.29 is 4.74 Å². The lowest BCUT2D eigenvalue weighted by atomic mass is 10.1. The van der Waals surface area contributed by atoms with E-state index in [4.69, 9.17) is 4.74 Å². The van der Waals surface area contributed by atoms with Crippen LogP contribution in [0.3, 0.4) is 0 Å². The lowest BCUT2D eigenvalue weighted by molar-refractivity contribution is 0.414. The van der Waals surface area contributed by atoms with Crippen molar-refractivity contribution in [2.24, 2.45) is 0 Å². The third-order valence-corrected chi connectivity index (χ3v) is 3.75. The molecular formula is C18H20N2O. The average molecular weight is 280 g/mol. The molecule has 21 heavy (non-hydrogen) atoms. The Labute approximate surface area is 125 Å². The maximum Gasteiger partial charge on any atom is 0.118 e. The summed E-state index contributed by atoms with van der Waals surface area (Å²) in [5, 5.41) is 4.82. The zero-order chi connectivity index (χ0) is 14.5. The van der Waals surface area contributed by atoms with Gasteiger partial charge in [0.25, 0.3) is 0 Å². The van der Waals surface area contributed by atoms with Gasteiger partial charge in [0.1, 0.15) is 5.75 Å². The molecular weight excluding hydrogens is 260 g/mol. The van der Waals surface area contributed by atoms with E-state index in [1.807, 2.05) is 18.3 Å². The number of hydrogen-bond acceptors (Lipinski definition) is 2. The molecule has 0 unspecified atom stereocenters. The Hall–Kier alpha value is -2.26. The lowest BCUT2D eigenvalue weighted by Gasteiger charge is -2.07. The molecule has 2 N–H and O–H groups in total. The van der Waals surface area contributed by atoms with Crippen molar-refractivity contribution in [1.82, 2.24) is 10.3 Å². The Kier molecular flexibility index (Phi) is 4.22. The van der Waals surface area contributed by atoms with E-state index >= 15 is 0 Å². The third kappa shape index (κ3) is 3.26. The summed E-state index contributed by atoms with van der Waals surface area (Å²) in [5.74, 6) is 0.908. The molecule has 3 heteroatoms. The molecule has 0 bridgehead atoms. The summed E-state index contributed by atoms with van der Waals surface area (Å²) in [6, 6.07) is 16.8. The average Bonchev–Trinajstić information content (AvgIpc) is 3.01. The lowest BCUT2D eigenvalue weighted by Crippen LogP contribution is -2.16. The van der Waals surface area contributed by atoms with Gasteiger partial charge in [-0.25, -0.2) is 0 Å². The highest BCUT2D eigenvalue weighted by atomic mass is 16.5. The van der Waals surface area contributed by atoms with Gasteiger partial charge in [0, 0.05) is 23.6 Å². The molecule has 1 heterocycles. The Morgan fingerprint density at radius 2 is 1.90 bits per heavy atom. The fourth-order valence-electron chi connectivity index (χ4n) is 2.55. The van der Waals surface area contributed by atoms with Crippen LogP contribution in [0.25, 0.3) is 10.9 Å². The van der Waals surface area contributed by atoms with E-state index in [1.165, 1.54) is 22.0 Å². The number of nitrogens with one attached hydrogen (secondary N) is 2. The van der Waals surface area contributed by atoms with Crippen LogP contribution in [0.15, 0.2) is 54.7 Å². The second-order valence-corrected chi connectivity index (χ2v) is 5.13. The molecule has 0 radical (unpaired) electrons. The highest BCUT2D eigenvalue weighted by molar-refractivity contribution is 5.82. The minimum absolute atomic E-state index is 0.894. The number of aromatic amines is 1. The minimum Gasteiger partial charge on any atom is -0.497 e. The predicted molar refractivity (Wildman–Crippen MR) is 86.7 cm³/mol. The summed E-state index contributed by atoms with van der Waals surface area (Å²) in [6.45, 7) is 1.86. The van der Waals surface area contributed by atoms with Gasteiger partial charge in [-0.05, 0) is 48.4 Å². The van der Waals surface area contributed by atoms with Gasteiger partial charge in [0.05, 0.1) is 7.11 Å². The van der Waals surface area contributed by atoms with Crippen LogP contribution in [0.4, 0.5) is 0 Å². The molecule has 0 saturated heterocycles. The SMILES string of the molecule is COc1ccc(CCNCc2cccc3[nH]ccc23)cc1. The van der Waals surface area contributed by atoms with E-state index in [9.17, 15) is 0 Å². The molecule has 3 aromatic rings. The van der Waals surface area contributed by atoms with E-state index in [0.717, 1.165) is 25.3 Å². The number of aromatic nitrogens is 1. The molecule has 0 atom stereocenters. The smallest absolute Gasteiger partial charge is 0.118 e. The Morgan fingerprint density at radius 3 is 2.71 bits per heavy atom. The largest absolute Gasteiger partial charge is 0.497 e. The van der Waals surface area contributed by atoms with Crippen LogP contribution >= 0.6 is 0 Å². The summed E-state index contributed by atoms with van der Waals surface area (Å²) < 4.78 is 5.17. The second kappa shape index (κ2) is 6.46. The van der Waals surface area contributed by atoms with Crippen molar-refractivity contribution >= 4 is 10.9 Å². The molecule has 2 aromatic carbocycles. The van der Waals surface area contributed by atoms with Crippen molar-refractivity contribution in [2.75, 3.05) is 13.7 Å². The van der Waals surface area contributed by atoms with Crippen molar-refractivity contribution in [1.29, 1.82) is 0 Å². The van der Waals surface area contributed by atoms with Crippen molar-refractivity contribution in [3.05, 3.63) is 65.9 Å². The van der Waals surface area contributed by atoms with Gasteiger partial charge in [-0.3, -0.25) is 0 Å². The van der Waals surface area contributed by atoms with Crippen LogP contribution < -0.4 is 10.1 Å². The van der Waals surface area contributed by atoms with Gasteiger partial charge in [0.2, 0.25) is 0 Å². The van der Waals surface area contributed by atoms with E-state index in [-0.39, 0.29) is 0 Å². The van der Waals surface area contributed by atoms with Crippen LogP contribution in [-0.2, 0) is 13.0 Å². The summed E-state index contributed by atoms with van der Waals surface area (Å²) >= 11 is 0. The summed E-state index contributed by atoms with van der Waals surface area (Å²) in [5.41, 5.74) is 3.86. The first-order valence-electron chi connectivity index (χ1n) is 7.25. The number of ether oxygens (including phenoxy) is 1. The second-order valence-electron chi connectivity index (χ2n) is 5.13. The molecule has 0 fully saturated rings. The number of fused-ring (bicyclic) bond motifs is 1. The third-order valence-electron chi connectivity index (χ3n) is 3.75. The van der Waals surface area contributed by atoms with E-state index in [1.54, 1.807) is 7.11 Å². The Morgan fingerprint density at radius 1 is 1.05 bits per heavy atom. The van der Waals surface area contributed by atoms with Crippen LogP contribution in [0.5, 0.6) is 5.75 Å². The predicted octanol–water partition coefficient (Wildman–Crippen LogP) is 3.51. The maximum atomic E-state index is 5.17. The Balaban J connectivity index is 1.53. The minimum atomic E-state index is 0.894. The molecule has 0 aliphatic carbocycles. The van der Waals surface area contributed by atoms with Gasteiger partial charge in [-0.1, -0.05) is 24.3 Å². The topological polar surface area (TPSA) is 37.0 Å². The molecule has 0 spiro atoms. The quantitative estimate of drug-likeness (QED) is 0.678. The number of benzene rings is 2. The fourth-order valence-corrected chi connectivity index (χ4v) is 2.55. The van der Waals surface area contributed by atoms with Crippen molar-refractivity contribution in [2.45, 2.75) is 13.0 Å². The molecule has 0 saturated carbocycles. The first-order valence-corrected chi connectivity index (χ1v) is 7.25. The highest BCUT2D eigenvalue weighted by Crippen LogP contribution is 2.17. The highest BCUT2D eigenvalue weighted by Gasteiger charge is 2.01. The molecule has 108 valence electrons. The zero-order valence-electron chi connectivity index (χ0n) is 12.2. The van der Waals surface area contributed by atoms with Gasteiger partial charge < -0.3 is 15.0 Å².